The van der Waals surface area contributed by atoms with Gasteiger partial charge >= 0.3 is 5.51 Å². The number of rotatable bonds is 4. The van der Waals surface area contributed by atoms with Crippen molar-refractivity contribution in [3.8, 4) is 5.75 Å². The smallest absolute Gasteiger partial charge is 0.475 e. The molecule has 1 aromatic heterocycles. The number of carbonyl (C=O) groups excluding carboxylic acids is 1. The quantitative estimate of drug-likeness (QED) is 0.752. The Hall–Kier alpha value is -2.31. The average Bonchev–Trinajstić information content (AvgIpc) is 2.59. The number of aromatic hydroxyl groups is 1. The Kier molecular flexibility index (Phi) is 5.78. The Morgan fingerprint density at radius 2 is 1.88 bits per heavy atom. The largest absolute Gasteiger partial charge is 0.506 e. The fourth-order valence-electron chi connectivity index (χ4n) is 1.98. The first-order valence-electron chi connectivity index (χ1n) is 6.69. The molecule has 0 aliphatic carbocycles. The summed E-state index contributed by atoms with van der Waals surface area (Å²) in [6.45, 7) is 0. The third kappa shape index (κ3) is 4.08. The van der Waals surface area contributed by atoms with Gasteiger partial charge in [-0.1, -0.05) is 0 Å². The highest BCUT2D eigenvalue weighted by Gasteiger charge is 2.38. The Morgan fingerprint density at radius 3 is 2.46 bits per heavy atom. The predicted molar refractivity (Wildman–Crippen MR) is 86.6 cm³/mol. The molecule has 2 rings (SSSR count). The Labute approximate surface area is 150 Å². The Morgan fingerprint density at radius 1 is 1.23 bits per heavy atom. The van der Waals surface area contributed by atoms with Crippen LogP contribution >= 0.6 is 0 Å². The van der Waals surface area contributed by atoms with Gasteiger partial charge in [-0.25, -0.2) is 13.4 Å². The number of alkyl halides is 3. The minimum absolute atomic E-state index is 0.307. The molecular formula is C14H11F3N2O5S2. The lowest BCUT2D eigenvalue weighted by Gasteiger charge is -2.20. The van der Waals surface area contributed by atoms with E-state index in [0.717, 1.165) is 30.1 Å². The van der Waals surface area contributed by atoms with Gasteiger partial charge < -0.3 is 14.6 Å². The van der Waals surface area contributed by atoms with Crippen molar-refractivity contribution in [2.75, 3.05) is 11.9 Å². The van der Waals surface area contributed by atoms with E-state index in [4.69, 9.17) is 0 Å². The Bertz CT molecular complexity index is 904. The molecule has 0 saturated carbocycles. The molecule has 2 aromatic rings. The number of nitrogens with zero attached hydrogens (tertiary/aromatic N) is 2. The third-order valence-corrected chi connectivity index (χ3v) is 5.01. The molecule has 2 unspecified atom stereocenters. The average molecular weight is 408 g/mol. The lowest BCUT2D eigenvalue weighted by molar-refractivity contribution is -0.0384. The number of hydrogen-bond donors (Lipinski definition) is 2. The Balaban J connectivity index is 2.47. The van der Waals surface area contributed by atoms with E-state index in [2.05, 4.69) is 4.98 Å². The van der Waals surface area contributed by atoms with Gasteiger partial charge in [0.2, 0.25) is 0 Å². The molecule has 0 bridgehead atoms. The number of anilines is 1. The zero-order valence-electron chi connectivity index (χ0n) is 12.9. The first-order chi connectivity index (χ1) is 12.0. The lowest BCUT2D eigenvalue weighted by atomic mass is 10.2. The molecule has 0 saturated heterocycles. The number of hydrogen-bond acceptors (Lipinski definition) is 5. The highest BCUT2D eigenvalue weighted by Crippen LogP contribution is 2.33. The van der Waals surface area contributed by atoms with Gasteiger partial charge in [0.25, 0.3) is 5.91 Å². The molecule has 7 nitrogen and oxygen atoms in total. The second-order valence-corrected chi connectivity index (χ2v) is 7.24. The van der Waals surface area contributed by atoms with Gasteiger partial charge in [0.15, 0.2) is 21.9 Å². The summed E-state index contributed by atoms with van der Waals surface area (Å²) in [7, 11) is -2.24. The van der Waals surface area contributed by atoms with Crippen LogP contribution < -0.4 is 4.90 Å². The molecule has 12 heteroatoms. The maximum absolute atomic E-state index is 12.6. The number of carbonyl (C=O) groups is 1. The number of phenolic OH excluding ortho intramolecular Hbond substituents is 1. The molecule has 0 radical (unpaired) electrons. The van der Waals surface area contributed by atoms with Crippen molar-refractivity contribution in [2.45, 2.75) is 15.3 Å². The fraction of sp³-hybridized carbons (Fsp3) is 0.143. The number of benzene rings is 1. The zero-order valence-corrected chi connectivity index (χ0v) is 14.6. The fourth-order valence-corrected chi connectivity index (χ4v) is 3.16. The predicted octanol–water partition coefficient (Wildman–Crippen LogP) is 2.27. The molecule has 1 amide bonds. The van der Waals surface area contributed by atoms with Crippen molar-refractivity contribution < 1.29 is 36.0 Å². The number of pyridine rings is 1. The summed E-state index contributed by atoms with van der Waals surface area (Å²) in [5.74, 6) is -1.50. The van der Waals surface area contributed by atoms with E-state index in [1.807, 2.05) is 0 Å². The van der Waals surface area contributed by atoms with Crippen molar-refractivity contribution in [2.24, 2.45) is 0 Å². The highest BCUT2D eigenvalue weighted by atomic mass is 32.2. The van der Waals surface area contributed by atoms with Gasteiger partial charge in [0, 0.05) is 13.2 Å². The number of phenols is 1. The van der Waals surface area contributed by atoms with E-state index in [1.165, 1.54) is 18.3 Å². The second-order valence-electron chi connectivity index (χ2n) is 4.83. The van der Waals surface area contributed by atoms with Crippen LogP contribution in [0.4, 0.5) is 18.9 Å². The van der Waals surface area contributed by atoms with E-state index in [0.29, 0.717) is 0 Å². The maximum Gasteiger partial charge on any atom is 0.475 e. The molecule has 0 fully saturated rings. The van der Waals surface area contributed by atoms with Gasteiger partial charge in [-0.2, -0.15) is 13.2 Å². The highest BCUT2D eigenvalue weighted by molar-refractivity contribution is 7.86. The summed E-state index contributed by atoms with van der Waals surface area (Å²) in [5, 5.41) is 9.86. The van der Waals surface area contributed by atoms with Crippen LogP contribution in [0.25, 0.3) is 0 Å². The first-order valence-corrected chi connectivity index (χ1v) is 8.95. The molecule has 0 spiro atoms. The van der Waals surface area contributed by atoms with Crippen LogP contribution in [0.1, 0.15) is 10.5 Å². The van der Waals surface area contributed by atoms with Gasteiger partial charge in [-0.05, 0) is 30.3 Å². The van der Waals surface area contributed by atoms with E-state index < -0.39 is 49.6 Å². The van der Waals surface area contributed by atoms with E-state index in [1.54, 1.807) is 0 Å². The van der Waals surface area contributed by atoms with Crippen LogP contribution in [0, 0.1) is 0 Å². The van der Waals surface area contributed by atoms with Gasteiger partial charge in [0.1, 0.15) is 11.4 Å². The molecule has 0 aliphatic heterocycles. The lowest BCUT2D eigenvalue weighted by Crippen LogP contribution is -2.28. The maximum atomic E-state index is 12.6. The van der Waals surface area contributed by atoms with Crippen LogP contribution in [0.15, 0.2) is 46.3 Å². The molecule has 2 N–H and O–H groups in total. The summed E-state index contributed by atoms with van der Waals surface area (Å²) in [6.07, 6.45) is 1.19. The normalized spacial score (nSPS) is 13.9. The van der Waals surface area contributed by atoms with E-state index in [9.17, 15) is 36.0 Å². The van der Waals surface area contributed by atoms with Crippen molar-refractivity contribution in [1.29, 1.82) is 0 Å². The standard InChI is InChI=1S/C14H11F3N2O5S2/c1-19(13(21)12-11(26(23)24)3-2-6-18-12)9-7-8(4-5-10(9)20)25(22)14(15,16)17/h2-7,20H,1H3,(H,23,24). The van der Waals surface area contributed by atoms with Crippen LogP contribution in [-0.2, 0) is 21.9 Å². The van der Waals surface area contributed by atoms with Gasteiger partial charge in [0.05, 0.1) is 15.5 Å². The van der Waals surface area contributed by atoms with Crippen LogP contribution in [-0.4, -0.2) is 41.5 Å². The van der Waals surface area contributed by atoms with Crippen LogP contribution in [0.3, 0.4) is 0 Å². The SMILES string of the molecule is CN(C(=O)c1ncccc1S(=O)O)c1cc(S(=O)C(F)(F)F)ccc1O. The van der Waals surface area contributed by atoms with Crippen LogP contribution in [0.5, 0.6) is 5.75 Å². The molecule has 0 aliphatic rings. The summed E-state index contributed by atoms with van der Waals surface area (Å²) in [6, 6.07) is 4.93. The number of amides is 1. The molecule has 1 aromatic carbocycles. The van der Waals surface area contributed by atoms with Crippen LogP contribution in [0.2, 0.25) is 0 Å². The summed E-state index contributed by atoms with van der Waals surface area (Å²) in [4.78, 5) is 16.0. The summed E-state index contributed by atoms with van der Waals surface area (Å²) < 4.78 is 69.8. The summed E-state index contributed by atoms with van der Waals surface area (Å²) in [5.41, 5.74) is -5.80. The molecule has 140 valence electrons. The van der Waals surface area contributed by atoms with E-state index in [-0.39, 0.29) is 10.6 Å². The van der Waals surface area contributed by atoms with Crippen molar-refractivity contribution in [3.05, 3.63) is 42.2 Å². The zero-order chi connectivity index (χ0) is 19.6. The second kappa shape index (κ2) is 7.51. The monoisotopic (exact) mass is 408 g/mol. The van der Waals surface area contributed by atoms with Gasteiger partial charge in [-0.3, -0.25) is 4.79 Å². The first kappa shape index (κ1) is 20.0. The molecule has 26 heavy (non-hydrogen) atoms. The number of aromatic nitrogens is 1. The van der Waals surface area contributed by atoms with E-state index >= 15 is 0 Å². The van der Waals surface area contributed by atoms with Crippen molar-refractivity contribution in [3.63, 3.8) is 0 Å². The molecule has 1 heterocycles. The van der Waals surface area contributed by atoms with Crippen molar-refractivity contribution in [1.82, 2.24) is 4.98 Å². The minimum atomic E-state index is -5.02. The minimum Gasteiger partial charge on any atom is -0.506 e. The third-order valence-electron chi connectivity index (χ3n) is 3.20. The number of halogens is 3. The van der Waals surface area contributed by atoms with Gasteiger partial charge in [-0.15, -0.1) is 0 Å². The van der Waals surface area contributed by atoms with Crippen molar-refractivity contribution >= 4 is 33.5 Å². The summed E-state index contributed by atoms with van der Waals surface area (Å²) >= 11 is -2.53. The molecular weight excluding hydrogens is 397 g/mol. The molecule has 2 atom stereocenters. The topological polar surface area (TPSA) is 108 Å².